The zero-order valence-corrected chi connectivity index (χ0v) is 19.4. The number of aryl methyl sites for hydroxylation is 1. The molecule has 0 atom stereocenters. The molecule has 0 radical (unpaired) electrons. The lowest BCUT2D eigenvalue weighted by Gasteiger charge is -2.16. The van der Waals surface area contributed by atoms with Gasteiger partial charge in [0.25, 0.3) is 5.91 Å². The molecule has 0 saturated carbocycles. The van der Waals surface area contributed by atoms with Crippen molar-refractivity contribution in [2.45, 2.75) is 38.7 Å². The lowest BCUT2D eigenvalue weighted by molar-refractivity contribution is -0.118. The van der Waals surface area contributed by atoms with E-state index in [4.69, 9.17) is 9.47 Å². The van der Waals surface area contributed by atoms with Gasteiger partial charge in [-0.3, -0.25) is 4.79 Å². The number of ether oxygens (including phenoxy) is 2. The normalized spacial score (nSPS) is 11.5. The van der Waals surface area contributed by atoms with Gasteiger partial charge in [-0.2, -0.15) is 0 Å². The number of anilines is 1. The topological polar surface area (TPSA) is 102 Å². The maximum absolute atomic E-state index is 12.4. The quantitative estimate of drug-likeness (QED) is 0.623. The van der Waals surface area contributed by atoms with E-state index in [1.165, 1.54) is 20.2 Å². The fraction of sp³-hybridized carbons (Fsp3) is 0.364. The van der Waals surface area contributed by atoms with Crippen LogP contribution in [0.25, 0.3) is 0 Å². The van der Waals surface area contributed by atoms with Crippen LogP contribution in [0.3, 0.4) is 0 Å². The second-order valence-corrected chi connectivity index (χ2v) is 9.67. The van der Waals surface area contributed by atoms with Crippen LogP contribution >= 0.6 is 0 Å². The number of carbonyl (C=O) groups excluding carboxylic acids is 2. The van der Waals surface area contributed by atoms with Crippen molar-refractivity contribution >= 4 is 27.6 Å². The molecular formula is C22H28N2O6S. The number of esters is 1. The largest absolute Gasteiger partial charge is 0.484 e. The lowest BCUT2D eigenvalue weighted by atomic mass is 10.1. The Kier molecular flexibility index (Phi) is 7.80. The number of hydrogen-bond donors (Lipinski definition) is 1. The van der Waals surface area contributed by atoms with Gasteiger partial charge in [0.05, 0.1) is 16.6 Å². The molecule has 1 N–H and O–H groups in total. The highest BCUT2D eigenvalue weighted by molar-refractivity contribution is 7.89. The van der Waals surface area contributed by atoms with Crippen LogP contribution in [0.1, 0.15) is 35.3 Å². The van der Waals surface area contributed by atoms with Crippen LogP contribution in [-0.2, 0) is 19.6 Å². The SMILES string of the molecule is Cc1cc(S(=O)(=O)N(C)C)cc(NC(=O)COc2ccc(C(=O)OC(C)C)cc2)c1C. The molecule has 2 aromatic rings. The van der Waals surface area contributed by atoms with Crippen molar-refractivity contribution in [1.82, 2.24) is 4.31 Å². The second kappa shape index (κ2) is 9.93. The summed E-state index contributed by atoms with van der Waals surface area (Å²) < 4.78 is 36.6. The first-order valence-electron chi connectivity index (χ1n) is 9.69. The van der Waals surface area contributed by atoms with E-state index in [9.17, 15) is 18.0 Å². The first-order chi connectivity index (χ1) is 14.4. The Labute approximate surface area is 183 Å². The summed E-state index contributed by atoms with van der Waals surface area (Å²) in [6.07, 6.45) is -0.217. The van der Waals surface area contributed by atoms with E-state index >= 15 is 0 Å². The van der Waals surface area contributed by atoms with Crippen LogP contribution in [0, 0.1) is 13.8 Å². The van der Waals surface area contributed by atoms with Crippen molar-refractivity contribution in [2.75, 3.05) is 26.0 Å². The zero-order chi connectivity index (χ0) is 23.3. The first-order valence-corrected chi connectivity index (χ1v) is 11.1. The Morgan fingerprint density at radius 1 is 1.06 bits per heavy atom. The molecular weight excluding hydrogens is 420 g/mol. The van der Waals surface area contributed by atoms with Gasteiger partial charge < -0.3 is 14.8 Å². The monoisotopic (exact) mass is 448 g/mol. The summed E-state index contributed by atoms with van der Waals surface area (Å²) in [7, 11) is -0.738. The van der Waals surface area contributed by atoms with E-state index < -0.39 is 21.9 Å². The summed E-state index contributed by atoms with van der Waals surface area (Å²) in [5.41, 5.74) is 2.29. The van der Waals surface area contributed by atoms with Crippen LogP contribution in [0.5, 0.6) is 5.75 Å². The van der Waals surface area contributed by atoms with Crippen molar-refractivity contribution in [3.63, 3.8) is 0 Å². The second-order valence-electron chi connectivity index (χ2n) is 7.52. The van der Waals surface area contributed by atoms with Gasteiger partial charge in [0, 0.05) is 19.8 Å². The van der Waals surface area contributed by atoms with Crippen molar-refractivity contribution < 1.29 is 27.5 Å². The number of rotatable bonds is 8. The summed E-state index contributed by atoms with van der Waals surface area (Å²) in [4.78, 5) is 24.3. The zero-order valence-electron chi connectivity index (χ0n) is 18.6. The molecule has 31 heavy (non-hydrogen) atoms. The van der Waals surface area contributed by atoms with Crippen LogP contribution < -0.4 is 10.1 Å². The third kappa shape index (κ3) is 6.28. The minimum absolute atomic E-state index is 0.0979. The van der Waals surface area contributed by atoms with Gasteiger partial charge in [-0.05, 0) is 75.2 Å². The Bertz CT molecular complexity index is 1060. The first kappa shape index (κ1) is 24.4. The summed E-state index contributed by atoms with van der Waals surface area (Å²) in [6, 6.07) is 9.27. The molecule has 2 rings (SSSR count). The molecule has 8 nitrogen and oxygen atoms in total. The molecule has 0 unspecified atom stereocenters. The molecule has 2 aromatic carbocycles. The van der Waals surface area contributed by atoms with E-state index in [1.54, 1.807) is 58.0 Å². The van der Waals surface area contributed by atoms with Crippen molar-refractivity contribution in [2.24, 2.45) is 0 Å². The highest BCUT2D eigenvalue weighted by atomic mass is 32.2. The minimum Gasteiger partial charge on any atom is -0.484 e. The Morgan fingerprint density at radius 2 is 1.68 bits per heavy atom. The van der Waals surface area contributed by atoms with E-state index in [0.717, 1.165) is 15.4 Å². The maximum Gasteiger partial charge on any atom is 0.338 e. The Morgan fingerprint density at radius 3 is 2.23 bits per heavy atom. The number of nitrogens with one attached hydrogen (secondary N) is 1. The summed E-state index contributed by atoms with van der Waals surface area (Å²) in [6.45, 7) is 6.83. The standard InChI is InChI=1S/C22H28N2O6S/c1-14(2)30-22(26)17-7-9-18(10-8-17)29-13-21(25)23-20-12-19(11-15(3)16(20)4)31(27,28)24(5)6/h7-12,14H,13H2,1-6H3,(H,23,25). The molecule has 0 spiro atoms. The maximum atomic E-state index is 12.4. The van der Waals surface area contributed by atoms with Gasteiger partial charge >= 0.3 is 5.97 Å². The van der Waals surface area contributed by atoms with E-state index in [0.29, 0.717) is 17.0 Å². The average Bonchev–Trinajstić information content (AvgIpc) is 2.69. The van der Waals surface area contributed by atoms with E-state index in [-0.39, 0.29) is 17.6 Å². The number of nitrogens with zero attached hydrogens (tertiary/aromatic N) is 1. The van der Waals surface area contributed by atoms with Gasteiger partial charge in [-0.1, -0.05) is 0 Å². The average molecular weight is 449 g/mol. The van der Waals surface area contributed by atoms with Gasteiger partial charge in [-0.15, -0.1) is 0 Å². The molecule has 0 saturated heterocycles. The highest BCUT2D eigenvalue weighted by Gasteiger charge is 2.20. The summed E-state index contributed by atoms with van der Waals surface area (Å²) >= 11 is 0. The molecule has 0 aromatic heterocycles. The molecule has 0 bridgehead atoms. The highest BCUT2D eigenvalue weighted by Crippen LogP contribution is 2.25. The third-order valence-electron chi connectivity index (χ3n) is 4.50. The number of carbonyl (C=O) groups is 2. The molecule has 0 fully saturated rings. The van der Waals surface area contributed by atoms with Crippen molar-refractivity contribution in [3.05, 3.63) is 53.1 Å². The molecule has 0 aliphatic heterocycles. The van der Waals surface area contributed by atoms with Crippen molar-refractivity contribution in [3.8, 4) is 5.75 Å². The molecule has 0 aliphatic rings. The van der Waals surface area contributed by atoms with Crippen LogP contribution in [-0.4, -0.2) is 51.4 Å². The van der Waals surface area contributed by atoms with Crippen LogP contribution in [0.2, 0.25) is 0 Å². The fourth-order valence-electron chi connectivity index (χ4n) is 2.62. The number of amides is 1. The predicted molar refractivity (Wildman–Crippen MR) is 118 cm³/mol. The summed E-state index contributed by atoms with van der Waals surface area (Å²) in [5, 5.41) is 2.70. The Balaban J connectivity index is 2.06. The van der Waals surface area contributed by atoms with Crippen LogP contribution in [0.15, 0.2) is 41.3 Å². The van der Waals surface area contributed by atoms with E-state index in [2.05, 4.69) is 5.32 Å². The van der Waals surface area contributed by atoms with E-state index in [1.807, 2.05) is 0 Å². The molecule has 0 aliphatic carbocycles. The number of sulfonamides is 1. The smallest absolute Gasteiger partial charge is 0.338 e. The number of hydrogen-bond acceptors (Lipinski definition) is 6. The van der Waals surface area contributed by atoms with Gasteiger partial charge in [0.2, 0.25) is 10.0 Å². The fourth-order valence-corrected chi connectivity index (χ4v) is 3.63. The van der Waals surface area contributed by atoms with Gasteiger partial charge in [0.15, 0.2) is 6.61 Å². The Hall–Kier alpha value is -2.91. The minimum atomic E-state index is -3.64. The lowest BCUT2D eigenvalue weighted by Crippen LogP contribution is -2.24. The predicted octanol–water partition coefficient (Wildman–Crippen LogP) is 3.14. The summed E-state index contributed by atoms with van der Waals surface area (Å²) in [5.74, 6) is -0.462. The van der Waals surface area contributed by atoms with Crippen molar-refractivity contribution in [1.29, 1.82) is 0 Å². The van der Waals surface area contributed by atoms with Gasteiger partial charge in [0.1, 0.15) is 5.75 Å². The molecule has 168 valence electrons. The molecule has 9 heteroatoms. The molecule has 0 heterocycles. The van der Waals surface area contributed by atoms with Crippen LogP contribution in [0.4, 0.5) is 5.69 Å². The third-order valence-corrected chi connectivity index (χ3v) is 6.29. The number of benzene rings is 2. The van der Waals surface area contributed by atoms with Gasteiger partial charge in [-0.25, -0.2) is 17.5 Å². The molecule has 1 amide bonds.